The Morgan fingerprint density at radius 1 is 1.04 bits per heavy atom. The fourth-order valence-electron chi connectivity index (χ4n) is 3.80. The largest absolute Gasteiger partial charge is 0.456 e. The summed E-state index contributed by atoms with van der Waals surface area (Å²) in [7, 11) is 0. The summed E-state index contributed by atoms with van der Waals surface area (Å²) in [6, 6.07) is 13.9. The molecule has 5 rings (SSSR count). The number of benzene rings is 3. The highest BCUT2D eigenvalue weighted by molar-refractivity contribution is 6.12. The van der Waals surface area contributed by atoms with Gasteiger partial charge in [-0.1, -0.05) is 43.0 Å². The third-order valence-electron chi connectivity index (χ3n) is 4.96. The van der Waals surface area contributed by atoms with Gasteiger partial charge < -0.3 is 15.6 Å². The second kappa shape index (κ2) is 4.84. The van der Waals surface area contributed by atoms with Crippen molar-refractivity contribution in [3.05, 3.63) is 71.6 Å². The molecule has 0 fully saturated rings. The number of nitrogens with one attached hydrogen (secondary N) is 1. The predicted molar refractivity (Wildman–Crippen MR) is 103 cm³/mol. The van der Waals surface area contributed by atoms with E-state index >= 15 is 0 Å². The van der Waals surface area contributed by atoms with E-state index in [0.717, 1.165) is 50.4 Å². The number of hydrogen-bond donors (Lipinski definition) is 2. The first-order chi connectivity index (χ1) is 12.1. The number of hydrogen-bond acceptors (Lipinski definition) is 3. The van der Waals surface area contributed by atoms with Crippen LogP contribution >= 0.6 is 0 Å². The lowest BCUT2D eigenvalue weighted by Gasteiger charge is -2.19. The minimum atomic E-state index is 0.453. The highest BCUT2D eigenvalue weighted by atomic mass is 16.3. The van der Waals surface area contributed by atoms with Crippen LogP contribution in [0.15, 0.2) is 59.5 Å². The van der Waals surface area contributed by atoms with Crippen molar-refractivity contribution in [3.63, 3.8) is 0 Å². The molecule has 0 unspecified atom stereocenters. The molecule has 0 amide bonds. The summed E-state index contributed by atoms with van der Waals surface area (Å²) in [5.41, 5.74) is 11.6. The van der Waals surface area contributed by atoms with Gasteiger partial charge in [0.1, 0.15) is 11.3 Å². The van der Waals surface area contributed by atoms with Crippen molar-refractivity contribution in [1.29, 1.82) is 5.41 Å². The molecule has 2 aromatic carbocycles. The number of nitrogens with two attached hydrogens (primary N) is 1. The summed E-state index contributed by atoms with van der Waals surface area (Å²) >= 11 is 0. The summed E-state index contributed by atoms with van der Waals surface area (Å²) in [5.74, 6) is 0.699. The molecule has 0 radical (unpaired) electrons. The molecule has 3 N–H and O–H groups in total. The lowest BCUT2D eigenvalue weighted by Crippen LogP contribution is -2.13. The van der Waals surface area contributed by atoms with Crippen LogP contribution in [0.5, 0.6) is 0 Å². The first-order valence-electron chi connectivity index (χ1n) is 8.24. The molecule has 0 bridgehead atoms. The summed E-state index contributed by atoms with van der Waals surface area (Å²) in [5, 5.41) is 11.9. The minimum Gasteiger partial charge on any atom is -0.456 e. The average Bonchev–Trinajstić information content (AvgIpc) is 2.61. The van der Waals surface area contributed by atoms with Crippen molar-refractivity contribution in [2.45, 2.75) is 6.42 Å². The molecule has 3 nitrogen and oxygen atoms in total. The number of nitrogen functional groups attached to an aromatic ring is 1. The highest BCUT2D eigenvalue weighted by Gasteiger charge is 2.20. The Labute approximate surface area is 144 Å². The normalized spacial score (nSPS) is 13.7. The molecule has 0 aromatic heterocycles. The molecule has 2 aromatic rings. The van der Waals surface area contributed by atoms with E-state index in [4.69, 9.17) is 15.6 Å². The molecule has 120 valence electrons. The number of allylic oxidation sites excluding steroid dienone is 2. The lowest BCUT2D eigenvalue weighted by atomic mass is 9.87. The van der Waals surface area contributed by atoms with Gasteiger partial charge in [0.15, 0.2) is 0 Å². The average molecular weight is 324 g/mol. The Hall–Kier alpha value is -3.33. The van der Waals surface area contributed by atoms with Gasteiger partial charge in [0.2, 0.25) is 0 Å². The van der Waals surface area contributed by atoms with Crippen LogP contribution in [0.3, 0.4) is 0 Å². The molecular formula is C22H16N2O. The van der Waals surface area contributed by atoms with Gasteiger partial charge in [-0.25, -0.2) is 0 Å². The van der Waals surface area contributed by atoms with E-state index in [1.165, 1.54) is 0 Å². The molecule has 0 saturated carbocycles. The maximum Gasteiger partial charge on any atom is 0.137 e. The molecule has 25 heavy (non-hydrogen) atoms. The topological polar surface area (TPSA) is 63.0 Å². The fourth-order valence-corrected chi connectivity index (χ4v) is 3.80. The summed E-state index contributed by atoms with van der Waals surface area (Å²) in [6.45, 7) is 4.13. The Morgan fingerprint density at radius 2 is 1.84 bits per heavy atom. The molecule has 0 spiro atoms. The predicted octanol–water partition coefficient (Wildman–Crippen LogP) is 5.18. The summed E-state index contributed by atoms with van der Waals surface area (Å²) in [4.78, 5) is 0. The van der Waals surface area contributed by atoms with E-state index in [9.17, 15) is 0 Å². The van der Waals surface area contributed by atoms with E-state index < -0.39 is 0 Å². The van der Waals surface area contributed by atoms with Crippen LogP contribution in [-0.2, 0) is 0 Å². The molecule has 2 aliphatic carbocycles. The fraction of sp³-hybridized carbons (Fsp3) is 0.0455. The van der Waals surface area contributed by atoms with Gasteiger partial charge in [-0.3, -0.25) is 0 Å². The van der Waals surface area contributed by atoms with Gasteiger partial charge >= 0.3 is 0 Å². The standard InChI is InChI=1S/C22H16N2O/c1-12-5-4-8-15-17-9-16-13-6-2-3-7-14(13)18(23)10-20(16)25-21(17)11-19(24)22(12)15/h2-4,6-11,24H,1,5,23H2. The first-order valence-corrected chi connectivity index (χ1v) is 8.24. The Balaban J connectivity index is 2.01. The maximum absolute atomic E-state index is 8.36. The second-order valence-corrected chi connectivity index (χ2v) is 6.50. The molecule has 0 saturated heterocycles. The Kier molecular flexibility index (Phi) is 2.72. The second-order valence-electron chi connectivity index (χ2n) is 6.50. The lowest BCUT2D eigenvalue weighted by molar-refractivity contribution is 0.618. The molecule has 3 heteroatoms. The number of rotatable bonds is 0. The quantitative estimate of drug-likeness (QED) is 0.266. The van der Waals surface area contributed by atoms with Gasteiger partial charge in [0.25, 0.3) is 0 Å². The van der Waals surface area contributed by atoms with Crippen LogP contribution in [0.4, 0.5) is 5.69 Å². The van der Waals surface area contributed by atoms with Crippen molar-refractivity contribution < 1.29 is 4.42 Å². The van der Waals surface area contributed by atoms with Gasteiger partial charge in [0.05, 0.1) is 5.36 Å². The third-order valence-corrected chi connectivity index (χ3v) is 4.96. The smallest absolute Gasteiger partial charge is 0.137 e. The van der Waals surface area contributed by atoms with Crippen LogP contribution < -0.4 is 11.1 Å². The van der Waals surface area contributed by atoms with E-state index in [1.54, 1.807) is 6.07 Å². The molecule has 0 atom stereocenters. The Morgan fingerprint density at radius 3 is 2.68 bits per heavy atom. The van der Waals surface area contributed by atoms with Crippen LogP contribution in [0.25, 0.3) is 44.7 Å². The van der Waals surface area contributed by atoms with E-state index in [1.807, 2.05) is 24.3 Å². The van der Waals surface area contributed by atoms with Crippen LogP contribution in [0.1, 0.15) is 17.5 Å². The molecule has 1 heterocycles. The molecule has 1 aliphatic heterocycles. The Bertz CT molecular complexity index is 1260. The van der Waals surface area contributed by atoms with Gasteiger partial charge in [0, 0.05) is 39.7 Å². The zero-order valence-electron chi connectivity index (χ0n) is 13.6. The van der Waals surface area contributed by atoms with Gasteiger partial charge in [-0.2, -0.15) is 0 Å². The summed E-state index contributed by atoms with van der Waals surface area (Å²) in [6.07, 6.45) is 4.95. The molecular weight excluding hydrogens is 308 g/mol. The monoisotopic (exact) mass is 324 g/mol. The van der Waals surface area contributed by atoms with E-state index in [2.05, 4.69) is 30.9 Å². The zero-order valence-corrected chi connectivity index (χ0v) is 13.6. The third kappa shape index (κ3) is 1.89. The van der Waals surface area contributed by atoms with Crippen molar-refractivity contribution in [1.82, 2.24) is 0 Å². The van der Waals surface area contributed by atoms with Crippen LogP contribution in [0, 0.1) is 5.41 Å². The molecule has 3 aliphatic rings. The summed E-state index contributed by atoms with van der Waals surface area (Å²) < 4.78 is 6.15. The van der Waals surface area contributed by atoms with Crippen molar-refractivity contribution >= 4 is 39.1 Å². The van der Waals surface area contributed by atoms with Gasteiger partial charge in [-0.05, 0) is 29.0 Å². The van der Waals surface area contributed by atoms with Gasteiger partial charge in [-0.15, -0.1) is 0 Å². The number of anilines is 1. The highest BCUT2D eigenvalue weighted by Crippen LogP contribution is 2.39. The minimum absolute atomic E-state index is 0.453. The van der Waals surface area contributed by atoms with Crippen LogP contribution in [-0.4, -0.2) is 0 Å². The van der Waals surface area contributed by atoms with E-state index in [-0.39, 0.29) is 0 Å². The van der Waals surface area contributed by atoms with Crippen molar-refractivity contribution in [2.75, 3.05) is 5.73 Å². The van der Waals surface area contributed by atoms with Crippen LogP contribution in [0.2, 0.25) is 0 Å². The SMILES string of the molecule is C=C1CC=Cc2c3cc4c(cc(N)c5ccccc54)oc-3cc(=N)c21. The first kappa shape index (κ1) is 14.1. The van der Waals surface area contributed by atoms with Crippen molar-refractivity contribution in [2.24, 2.45) is 0 Å². The van der Waals surface area contributed by atoms with E-state index in [0.29, 0.717) is 16.8 Å². The van der Waals surface area contributed by atoms with Crippen molar-refractivity contribution in [3.8, 4) is 11.3 Å². The number of fused-ring (bicyclic) bond motifs is 6. The zero-order chi connectivity index (χ0) is 17.1. The maximum atomic E-state index is 8.36.